The van der Waals surface area contributed by atoms with Gasteiger partial charge in [-0.2, -0.15) is 0 Å². The van der Waals surface area contributed by atoms with Crippen LogP contribution in [0.5, 0.6) is 5.75 Å². The first-order valence-corrected chi connectivity index (χ1v) is 10.1. The van der Waals surface area contributed by atoms with E-state index in [0.29, 0.717) is 22.7 Å². The van der Waals surface area contributed by atoms with E-state index in [1.54, 1.807) is 56.2 Å². The Morgan fingerprint density at radius 3 is 2.42 bits per heavy atom. The highest BCUT2D eigenvalue weighted by atomic mass is 16.5. The minimum Gasteiger partial charge on any atom is -0.497 e. The molecule has 1 aliphatic rings. The van der Waals surface area contributed by atoms with E-state index in [-0.39, 0.29) is 18.1 Å². The zero-order chi connectivity index (χ0) is 22.0. The number of amides is 1. The Bertz CT molecular complexity index is 1220. The highest BCUT2D eigenvalue weighted by Gasteiger charge is 2.38. The molecule has 0 saturated heterocycles. The fraction of sp³-hybridized carbons (Fsp3) is 0.154. The van der Waals surface area contributed by atoms with Gasteiger partial charge in [0, 0.05) is 11.4 Å². The minimum absolute atomic E-state index is 0.230. The van der Waals surface area contributed by atoms with Gasteiger partial charge in [-0.3, -0.25) is 9.69 Å². The van der Waals surface area contributed by atoms with E-state index in [1.807, 2.05) is 42.5 Å². The van der Waals surface area contributed by atoms with Gasteiger partial charge in [-0.1, -0.05) is 42.5 Å². The predicted molar refractivity (Wildman–Crippen MR) is 122 cm³/mol. The fourth-order valence-electron chi connectivity index (χ4n) is 3.86. The van der Waals surface area contributed by atoms with E-state index < -0.39 is 5.97 Å². The number of carbonyl (C=O) groups is 2. The zero-order valence-corrected chi connectivity index (χ0v) is 17.7. The molecule has 5 nitrogen and oxygen atoms in total. The summed E-state index contributed by atoms with van der Waals surface area (Å²) in [6.45, 7) is 3.74. The summed E-state index contributed by atoms with van der Waals surface area (Å²) in [5, 5.41) is 2.07. The molecular formula is C26H23NO4. The smallest absolute Gasteiger partial charge is 0.340 e. The van der Waals surface area contributed by atoms with Crippen LogP contribution in [0.1, 0.15) is 19.4 Å². The van der Waals surface area contributed by atoms with Gasteiger partial charge in [0.25, 0.3) is 5.91 Å². The number of allylic oxidation sites excluding steroid dienone is 1. The molecule has 3 aromatic rings. The number of carbonyl (C=O) groups excluding carboxylic acids is 2. The first kappa shape index (κ1) is 20.4. The van der Waals surface area contributed by atoms with Crippen LogP contribution in [0.4, 0.5) is 5.69 Å². The van der Waals surface area contributed by atoms with E-state index in [0.717, 1.165) is 16.3 Å². The fourth-order valence-corrected chi connectivity index (χ4v) is 3.86. The Morgan fingerprint density at radius 2 is 1.71 bits per heavy atom. The predicted octanol–water partition coefficient (Wildman–Crippen LogP) is 5.12. The summed E-state index contributed by atoms with van der Waals surface area (Å²) in [5.41, 5.74) is 2.68. The molecule has 0 bridgehead atoms. The van der Waals surface area contributed by atoms with E-state index in [1.165, 1.54) is 0 Å². The number of ether oxygens (including phenoxy) is 2. The van der Waals surface area contributed by atoms with E-state index >= 15 is 0 Å². The summed E-state index contributed by atoms with van der Waals surface area (Å²) in [4.78, 5) is 27.9. The minimum atomic E-state index is -0.504. The summed E-state index contributed by atoms with van der Waals surface area (Å²) in [5.74, 6) is -0.0799. The highest BCUT2D eigenvalue weighted by molar-refractivity contribution is 6.24. The van der Waals surface area contributed by atoms with Gasteiger partial charge in [-0.15, -0.1) is 0 Å². The van der Waals surface area contributed by atoms with Crippen LogP contribution in [0, 0.1) is 0 Å². The third kappa shape index (κ3) is 3.70. The van der Waals surface area contributed by atoms with Crippen molar-refractivity contribution in [3.8, 4) is 5.75 Å². The zero-order valence-electron chi connectivity index (χ0n) is 17.7. The van der Waals surface area contributed by atoms with Crippen molar-refractivity contribution in [1.82, 2.24) is 0 Å². The van der Waals surface area contributed by atoms with Crippen molar-refractivity contribution in [2.75, 3.05) is 18.6 Å². The topological polar surface area (TPSA) is 55.8 Å². The average Bonchev–Trinajstić information content (AvgIpc) is 3.03. The number of fused-ring (bicyclic) bond motifs is 1. The first-order valence-electron chi connectivity index (χ1n) is 10.1. The summed E-state index contributed by atoms with van der Waals surface area (Å²) in [6, 6.07) is 21.0. The van der Waals surface area contributed by atoms with Gasteiger partial charge in [0.05, 0.1) is 24.9 Å². The molecule has 0 aromatic heterocycles. The van der Waals surface area contributed by atoms with Crippen LogP contribution < -0.4 is 9.64 Å². The van der Waals surface area contributed by atoms with Crippen molar-refractivity contribution in [3.63, 3.8) is 0 Å². The molecule has 0 unspecified atom stereocenters. The van der Waals surface area contributed by atoms with Gasteiger partial charge < -0.3 is 9.47 Å². The monoisotopic (exact) mass is 413 g/mol. The molecule has 0 radical (unpaired) electrons. The van der Waals surface area contributed by atoms with Crippen molar-refractivity contribution >= 4 is 34.4 Å². The lowest BCUT2D eigenvalue weighted by molar-refractivity contribution is -0.138. The molecule has 3 aromatic carbocycles. The van der Waals surface area contributed by atoms with Crippen LogP contribution in [0.2, 0.25) is 0 Å². The van der Waals surface area contributed by atoms with Gasteiger partial charge in [0.1, 0.15) is 5.75 Å². The molecule has 5 heteroatoms. The summed E-state index contributed by atoms with van der Waals surface area (Å²) < 4.78 is 10.5. The summed E-state index contributed by atoms with van der Waals surface area (Å²) in [6.07, 6.45) is 1.78. The lowest BCUT2D eigenvalue weighted by atomic mass is 9.99. The molecule has 0 atom stereocenters. The van der Waals surface area contributed by atoms with Crippen LogP contribution >= 0.6 is 0 Å². The molecule has 4 rings (SSSR count). The van der Waals surface area contributed by atoms with E-state index in [2.05, 4.69) is 0 Å². The molecular weight excluding hydrogens is 390 g/mol. The van der Waals surface area contributed by atoms with Gasteiger partial charge in [-0.25, -0.2) is 4.79 Å². The Hall–Kier alpha value is -3.86. The lowest BCUT2D eigenvalue weighted by Gasteiger charge is -2.18. The van der Waals surface area contributed by atoms with Crippen LogP contribution in [0.15, 0.2) is 83.6 Å². The second-order valence-corrected chi connectivity index (χ2v) is 7.15. The molecule has 0 aliphatic carbocycles. The van der Waals surface area contributed by atoms with Crippen LogP contribution in [-0.2, 0) is 14.3 Å². The Morgan fingerprint density at radius 1 is 1.00 bits per heavy atom. The Kier molecular flexibility index (Phi) is 5.58. The summed E-state index contributed by atoms with van der Waals surface area (Å²) >= 11 is 0. The van der Waals surface area contributed by atoms with Gasteiger partial charge in [0.15, 0.2) is 0 Å². The van der Waals surface area contributed by atoms with Gasteiger partial charge in [0.2, 0.25) is 0 Å². The molecule has 0 spiro atoms. The maximum absolute atomic E-state index is 13.5. The molecule has 156 valence electrons. The average molecular weight is 413 g/mol. The highest BCUT2D eigenvalue weighted by Crippen LogP contribution is 2.36. The van der Waals surface area contributed by atoms with E-state index in [4.69, 9.17) is 9.47 Å². The largest absolute Gasteiger partial charge is 0.497 e. The summed E-state index contributed by atoms with van der Waals surface area (Å²) in [7, 11) is 1.59. The number of methoxy groups -OCH3 is 1. The van der Waals surface area contributed by atoms with Crippen molar-refractivity contribution in [2.24, 2.45) is 0 Å². The van der Waals surface area contributed by atoms with Crippen LogP contribution in [0.3, 0.4) is 0 Å². The van der Waals surface area contributed by atoms with Gasteiger partial charge >= 0.3 is 5.97 Å². The number of nitrogens with zero attached hydrogens (tertiary/aromatic N) is 1. The van der Waals surface area contributed by atoms with Crippen molar-refractivity contribution in [3.05, 3.63) is 89.1 Å². The molecule has 0 N–H and O–H groups in total. The third-order valence-corrected chi connectivity index (χ3v) is 5.33. The van der Waals surface area contributed by atoms with Crippen LogP contribution in [-0.4, -0.2) is 25.6 Å². The quantitative estimate of drug-likeness (QED) is 0.431. The number of anilines is 1. The van der Waals surface area contributed by atoms with Crippen molar-refractivity contribution < 1.29 is 19.1 Å². The van der Waals surface area contributed by atoms with Gasteiger partial charge in [-0.05, 0) is 60.5 Å². The molecule has 1 aliphatic heterocycles. The number of esters is 1. The molecule has 1 heterocycles. The Balaban J connectivity index is 1.86. The SMILES string of the molecule is CCOC(=O)C1=C(C)N(c2ccc(OC)cc2)C(=O)C1=Cc1cccc2ccccc12. The molecule has 0 saturated carbocycles. The third-order valence-electron chi connectivity index (χ3n) is 5.33. The maximum atomic E-state index is 13.5. The normalized spacial score (nSPS) is 15.1. The van der Waals surface area contributed by atoms with Crippen LogP contribution in [0.25, 0.3) is 16.8 Å². The standard InChI is InChI=1S/C26H23NO4/c1-4-31-26(29)24-17(2)27(20-12-14-21(30-3)15-13-20)25(28)23(24)16-19-10-7-9-18-8-5-6-11-22(18)19/h5-16H,4H2,1-3H3. The van der Waals surface area contributed by atoms with Crippen molar-refractivity contribution in [2.45, 2.75) is 13.8 Å². The molecule has 1 amide bonds. The lowest BCUT2D eigenvalue weighted by Crippen LogP contribution is -2.24. The Labute approximate surface area is 181 Å². The number of benzene rings is 3. The van der Waals surface area contributed by atoms with E-state index in [9.17, 15) is 9.59 Å². The number of rotatable bonds is 5. The first-order chi connectivity index (χ1) is 15.0. The maximum Gasteiger partial charge on any atom is 0.340 e. The number of hydrogen-bond acceptors (Lipinski definition) is 4. The number of hydrogen-bond donors (Lipinski definition) is 0. The second kappa shape index (κ2) is 8.48. The second-order valence-electron chi connectivity index (χ2n) is 7.15. The molecule has 31 heavy (non-hydrogen) atoms. The van der Waals surface area contributed by atoms with Crippen molar-refractivity contribution in [1.29, 1.82) is 0 Å². The molecule has 0 fully saturated rings.